The number of carbonyl (C=O) groups is 8. The Hall–Kier alpha value is -5.18. The van der Waals surface area contributed by atoms with E-state index in [9.17, 15) is 46.8 Å². The van der Waals surface area contributed by atoms with Crippen molar-refractivity contribution in [2.75, 3.05) is 20.7 Å². The van der Waals surface area contributed by atoms with E-state index in [2.05, 4.69) is 15.4 Å². The summed E-state index contributed by atoms with van der Waals surface area (Å²) in [5.41, 5.74) is 0.937. The number of rotatable bonds is 14. The van der Waals surface area contributed by atoms with Crippen LogP contribution < -0.4 is 10.6 Å². The maximum Gasteiger partial charge on any atom is 0.333 e. The molecule has 4 heterocycles. The molecular formula is C39H48N4O15S2. The molecule has 1 unspecified atom stereocenters. The fourth-order valence-corrected chi connectivity index (χ4v) is 12.0. The normalized spacial score (nSPS) is 28.7. The molecule has 1 aromatic rings. The highest BCUT2D eigenvalue weighted by Gasteiger charge is 2.68. The van der Waals surface area contributed by atoms with Gasteiger partial charge in [0.1, 0.15) is 34.9 Å². The van der Waals surface area contributed by atoms with Crippen LogP contribution in [0.3, 0.4) is 0 Å². The van der Waals surface area contributed by atoms with Crippen molar-refractivity contribution in [3.8, 4) is 0 Å². The maximum absolute atomic E-state index is 13.6. The Bertz CT molecular complexity index is 2080. The molecular weight excluding hydrogens is 829 g/mol. The molecule has 0 spiro atoms. The second-order valence-electron chi connectivity index (χ2n) is 16.2. The number of allylic oxidation sites excluding steroid dienone is 1. The molecule has 1 aliphatic carbocycles. The molecule has 5 aliphatic rings. The van der Waals surface area contributed by atoms with Crippen LogP contribution in [0.4, 0.5) is 0 Å². The van der Waals surface area contributed by atoms with Gasteiger partial charge in [0.25, 0.3) is 0 Å². The van der Waals surface area contributed by atoms with Gasteiger partial charge in [-0.05, 0) is 65.9 Å². The van der Waals surface area contributed by atoms with E-state index in [0.717, 1.165) is 4.90 Å². The Morgan fingerprint density at radius 2 is 1.37 bits per heavy atom. The molecule has 4 saturated heterocycles. The third-order valence-electron chi connectivity index (χ3n) is 11.7. The Labute approximate surface area is 350 Å². The molecule has 21 heteroatoms. The van der Waals surface area contributed by atoms with E-state index in [4.69, 9.17) is 18.9 Å². The molecule has 0 radical (unpaired) electrons. The number of benzene rings is 1. The van der Waals surface area contributed by atoms with Gasteiger partial charge in [0.15, 0.2) is 9.84 Å². The third-order valence-corrected chi connectivity index (χ3v) is 16.0. The zero-order valence-corrected chi connectivity index (χ0v) is 35.5. The highest BCUT2D eigenvalue weighted by Crippen LogP contribution is 2.51. The van der Waals surface area contributed by atoms with Crippen LogP contribution in [0.2, 0.25) is 0 Å². The Kier molecular flexibility index (Phi) is 12.6. The van der Waals surface area contributed by atoms with E-state index in [1.165, 1.54) is 43.7 Å². The largest absolute Gasteiger partial charge is 0.466 e. The molecule has 2 N–H and O–H groups in total. The smallest absolute Gasteiger partial charge is 0.333 e. The highest BCUT2D eigenvalue weighted by molar-refractivity contribution is 8.01. The van der Waals surface area contributed by atoms with Crippen molar-refractivity contribution < 1.29 is 70.5 Å². The maximum atomic E-state index is 13.6. The minimum absolute atomic E-state index is 0.201. The van der Waals surface area contributed by atoms with Crippen LogP contribution in [-0.4, -0.2) is 125 Å². The van der Waals surface area contributed by atoms with Crippen molar-refractivity contribution in [2.45, 2.75) is 111 Å². The molecule has 5 fully saturated rings. The average molecular weight is 877 g/mol. The summed E-state index contributed by atoms with van der Waals surface area (Å²) in [6.07, 6.45) is 2.00. The van der Waals surface area contributed by atoms with Crippen LogP contribution in [0.15, 0.2) is 42.1 Å². The van der Waals surface area contributed by atoms with Gasteiger partial charge < -0.3 is 44.1 Å². The van der Waals surface area contributed by atoms with Gasteiger partial charge in [-0.3, -0.25) is 24.0 Å². The minimum atomic E-state index is -3.81. The molecule has 6 atom stereocenters. The summed E-state index contributed by atoms with van der Waals surface area (Å²) in [4.78, 5) is 105. The van der Waals surface area contributed by atoms with Crippen molar-refractivity contribution in [1.29, 1.82) is 0 Å². The summed E-state index contributed by atoms with van der Waals surface area (Å²) < 4.78 is 48.5. The second kappa shape index (κ2) is 17.1. The number of ether oxygens (including phenoxy) is 5. The molecule has 60 heavy (non-hydrogen) atoms. The van der Waals surface area contributed by atoms with Crippen molar-refractivity contribution in [3.63, 3.8) is 0 Å². The van der Waals surface area contributed by atoms with Gasteiger partial charge in [-0.2, -0.15) is 0 Å². The molecule has 0 aromatic heterocycles. The summed E-state index contributed by atoms with van der Waals surface area (Å²) in [5, 5.41) is 4.12. The number of hydrogen-bond acceptors (Lipinski definition) is 17. The summed E-state index contributed by atoms with van der Waals surface area (Å²) in [6.45, 7) is 6.32. The first-order chi connectivity index (χ1) is 28.2. The predicted octanol–water partition coefficient (Wildman–Crippen LogP) is 0.969. The van der Waals surface area contributed by atoms with Gasteiger partial charge in [-0.15, -0.1) is 11.8 Å². The topological polar surface area (TPSA) is 247 Å². The van der Waals surface area contributed by atoms with Gasteiger partial charge in [-0.25, -0.2) is 22.8 Å². The molecule has 1 aromatic carbocycles. The van der Waals surface area contributed by atoms with E-state index in [0.29, 0.717) is 11.3 Å². The average Bonchev–Trinajstić information content (AvgIpc) is 3.53. The number of β-lactam (4-membered cyclic amide) rings is 2. The number of sulfone groups is 1. The van der Waals surface area contributed by atoms with Crippen molar-refractivity contribution in [1.82, 2.24) is 20.4 Å². The van der Waals surface area contributed by atoms with Gasteiger partial charge in [0.05, 0.1) is 30.1 Å². The predicted molar refractivity (Wildman–Crippen MR) is 208 cm³/mol. The molecule has 1 saturated carbocycles. The fraction of sp³-hybridized carbons (Fsp3) is 0.590. The van der Waals surface area contributed by atoms with Gasteiger partial charge in [-0.1, -0.05) is 30.3 Å². The lowest BCUT2D eigenvalue weighted by atomic mass is 9.82. The van der Waals surface area contributed by atoms with Crippen LogP contribution in [0, 0.1) is 11.8 Å². The SMILES string of the molecule is COC(=O)C=C(C)NC(C(=O)N[C@@H]1C(=O)N2[C@@H]1SC(C)(C)[C@@H]2C(=O)OCOC(=O)[C@H]1CC[C@H](C(=O)OCOC(=O)[C@@H]2N3C(=O)C[C@H]3S(=O)(=O)C2(C)C)CC1)c1ccccc1. The molecule has 0 bridgehead atoms. The third kappa shape index (κ3) is 8.29. The monoisotopic (exact) mass is 876 g/mol. The molecule has 3 amide bonds. The standard InChI is InChI=1S/C39H48N4O15S2/c1-20(16-26(45)54-6)40-27(21-10-8-7-9-11-21)31(46)41-28-32(47)43-29(38(2,3)59-33(28)43)36(50)57-18-55-34(48)22-12-14-23(15-13-22)35(49)56-19-58-37(51)30-39(4,5)60(52,53)25-17-24(44)42(25)30/h7-11,16,22-23,25,27-30,33,40H,12-15,17-19H2,1-6H3,(H,41,46)/t22-,23-,25-,27?,28-,29+,30+,33-/m1/s1. The van der Waals surface area contributed by atoms with E-state index in [1.807, 2.05) is 0 Å². The van der Waals surface area contributed by atoms with Crippen LogP contribution in [-0.2, 0) is 71.9 Å². The number of esters is 5. The van der Waals surface area contributed by atoms with E-state index >= 15 is 0 Å². The number of carbonyl (C=O) groups excluding carboxylic acids is 8. The highest BCUT2D eigenvalue weighted by atomic mass is 32.2. The van der Waals surface area contributed by atoms with Gasteiger partial charge in [0, 0.05) is 16.5 Å². The quantitative estimate of drug-likeness (QED) is 0.0869. The molecule has 4 aliphatic heterocycles. The first-order valence-electron chi connectivity index (χ1n) is 19.3. The Morgan fingerprint density at radius 3 is 1.90 bits per heavy atom. The molecule has 326 valence electrons. The number of nitrogens with one attached hydrogen (secondary N) is 2. The zero-order chi connectivity index (χ0) is 43.9. The molecule has 19 nitrogen and oxygen atoms in total. The number of nitrogens with zero attached hydrogens (tertiary/aromatic N) is 2. The first-order valence-corrected chi connectivity index (χ1v) is 21.7. The summed E-state index contributed by atoms with van der Waals surface area (Å²) >= 11 is 1.31. The molecule has 6 rings (SSSR count). The summed E-state index contributed by atoms with van der Waals surface area (Å²) in [6, 6.07) is 4.39. The summed E-state index contributed by atoms with van der Waals surface area (Å²) in [5.74, 6) is -6.45. The second-order valence-corrected chi connectivity index (χ2v) is 20.7. The van der Waals surface area contributed by atoms with Crippen LogP contribution >= 0.6 is 11.8 Å². The minimum Gasteiger partial charge on any atom is -0.466 e. The number of thioether (sulfide) groups is 1. The summed E-state index contributed by atoms with van der Waals surface area (Å²) in [7, 11) is -2.58. The van der Waals surface area contributed by atoms with Gasteiger partial charge >= 0.3 is 29.8 Å². The lowest BCUT2D eigenvalue weighted by Crippen LogP contribution is -2.71. The van der Waals surface area contributed by atoms with Crippen molar-refractivity contribution >= 4 is 69.2 Å². The van der Waals surface area contributed by atoms with Crippen LogP contribution in [0.25, 0.3) is 0 Å². The van der Waals surface area contributed by atoms with Crippen LogP contribution in [0.5, 0.6) is 0 Å². The fourth-order valence-electron chi connectivity index (χ4n) is 8.27. The Morgan fingerprint density at radius 1 is 0.833 bits per heavy atom. The number of hydrogen-bond donors (Lipinski definition) is 2. The van der Waals surface area contributed by atoms with E-state index < -0.39 is 127 Å². The van der Waals surface area contributed by atoms with Crippen LogP contribution in [0.1, 0.15) is 78.3 Å². The van der Waals surface area contributed by atoms with Crippen molar-refractivity contribution in [3.05, 3.63) is 47.7 Å². The number of methoxy groups -OCH3 is 1. The first kappa shape index (κ1) is 44.4. The van der Waals surface area contributed by atoms with Crippen molar-refractivity contribution in [2.24, 2.45) is 11.8 Å². The van der Waals surface area contributed by atoms with E-state index in [1.54, 1.807) is 51.1 Å². The number of amides is 3. The Balaban J connectivity index is 0.934. The lowest BCUT2D eigenvalue weighted by Gasteiger charge is -2.44. The van der Waals surface area contributed by atoms with E-state index in [-0.39, 0.29) is 32.1 Å². The van der Waals surface area contributed by atoms with Gasteiger partial charge in [0.2, 0.25) is 31.3 Å². The zero-order valence-electron chi connectivity index (χ0n) is 33.9. The lowest BCUT2D eigenvalue weighted by molar-refractivity contribution is -0.181. The number of fused-ring (bicyclic) bond motifs is 2.